The third-order valence-electron chi connectivity index (χ3n) is 5.70. The quantitative estimate of drug-likeness (QED) is 0.386. The molecule has 7 nitrogen and oxygen atoms in total. The van der Waals surface area contributed by atoms with E-state index in [-0.39, 0.29) is 5.91 Å². The van der Waals surface area contributed by atoms with Gasteiger partial charge >= 0.3 is 0 Å². The smallest absolute Gasteiger partial charge is 0.233 e. The lowest BCUT2D eigenvalue weighted by molar-refractivity contribution is -0.128. The van der Waals surface area contributed by atoms with Crippen LogP contribution in [0.15, 0.2) is 59.5 Å². The molecule has 33 heavy (non-hydrogen) atoms. The summed E-state index contributed by atoms with van der Waals surface area (Å²) in [6.07, 6.45) is 0. The van der Waals surface area contributed by atoms with Crippen LogP contribution in [0.4, 0.5) is 5.13 Å². The number of carbonyl (C=O) groups excluding carboxylic acids is 1. The van der Waals surface area contributed by atoms with Crippen molar-refractivity contribution in [3.8, 4) is 11.4 Å². The van der Waals surface area contributed by atoms with Crippen molar-refractivity contribution in [2.75, 3.05) is 43.9 Å². The molecule has 0 unspecified atom stereocenters. The molecule has 0 aliphatic carbocycles. The Hall–Kier alpha value is -3.04. The summed E-state index contributed by atoms with van der Waals surface area (Å²) in [5.41, 5.74) is 2.80. The molecule has 0 saturated carbocycles. The first-order valence-corrected chi connectivity index (χ1v) is 12.6. The van der Waals surface area contributed by atoms with Crippen LogP contribution in [0.1, 0.15) is 5.69 Å². The summed E-state index contributed by atoms with van der Waals surface area (Å²) in [5.74, 6) is 1.48. The molecule has 2 aromatic heterocycles. The van der Waals surface area contributed by atoms with E-state index in [0.717, 1.165) is 50.6 Å². The first-order chi connectivity index (χ1) is 16.1. The van der Waals surface area contributed by atoms with Gasteiger partial charge in [-0.25, -0.2) is 4.68 Å². The summed E-state index contributed by atoms with van der Waals surface area (Å²) >= 11 is 3.26. The summed E-state index contributed by atoms with van der Waals surface area (Å²) in [5, 5.41) is 5.68. The number of piperazine rings is 1. The largest absolute Gasteiger partial charge is 0.497 e. The highest BCUT2D eigenvalue weighted by atomic mass is 32.2. The average molecular weight is 480 g/mol. The van der Waals surface area contributed by atoms with Crippen molar-refractivity contribution in [2.45, 2.75) is 11.8 Å². The molecule has 170 valence electrons. The van der Waals surface area contributed by atoms with Gasteiger partial charge in [0, 0.05) is 31.1 Å². The summed E-state index contributed by atoms with van der Waals surface area (Å²) in [7, 11) is 1.66. The number of hydrogen-bond donors (Lipinski definition) is 0. The van der Waals surface area contributed by atoms with E-state index in [2.05, 4.69) is 4.90 Å². The first kappa shape index (κ1) is 21.8. The van der Waals surface area contributed by atoms with Crippen LogP contribution in [0, 0.1) is 6.92 Å². The maximum atomic E-state index is 12.7. The highest BCUT2D eigenvalue weighted by Crippen LogP contribution is 2.33. The van der Waals surface area contributed by atoms with Gasteiger partial charge in [-0.2, -0.15) is 10.1 Å². The van der Waals surface area contributed by atoms with Crippen molar-refractivity contribution < 1.29 is 9.53 Å². The van der Waals surface area contributed by atoms with Gasteiger partial charge in [0.2, 0.25) is 5.91 Å². The molecule has 1 amide bonds. The van der Waals surface area contributed by atoms with Crippen LogP contribution in [0.25, 0.3) is 16.0 Å². The Bertz CT molecular complexity index is 1250. The SMILES string of the molecule is COc1ccc(-n2nc(C)c3sc(N4CCN(C(=O)CSc5ccccc5)CC4)nc32)cc1. The number of aryl methyl sites for hydroxylation is 1. The second-order valence-electron chi connectivity index (χ2n) is 7.81. The second kappa shape index (κ2) is 9.44. The average Bonchev–Trinajstić information content (AvgIpc) is 3.44. The van der Waals surface area contributed by atoms with Crippen LogP contribution in [-0.4, -0.2) is 64.6 Å². The molecular formula is C24H25N5O2S2. The van der Waals surface area contributed by atoms with Crippen LogP contribution >= 0.6 is 23.1 Å². The Kier molecular flexibility index (Phi) is 6.24. The molecule has 1 fully saturated rings. The fourth-order valence-corrected chi connectivity index (χ4v) is 5.72. The number of thioether (sulfide) groups is 1. The van der Waals surface area contributed by atoms with Gasteiger partial charge in [0.1, 0.15) is 5.75 Å². The van der Waals surface area contributed by atoms with Gasteiger partial charge in [-0.1, -0.05) is 29.5 Å². The normalized spacial score (nSPS) is 14.1. The van der Waals surface area contributed by atoms with Crippen molar-refractivity contribution in [1.82, 2.24) is 19.7 Å². The number of benzene rings is 2. The number of thiazole rings is 1. The monoisotopic (exact) mass is 479 g/mol. The molecule has 4 aromatic rings. The molecule has 1 aliphatic heterocycles. The van der Waals surface area contributed by atoms with Crippen LogP contribution in [0.5, 0.6) is 5.75 Å². The third-order valence-corrected chi connectivity index (χ3v) is 7.91. The van der Waals surface area contributed by atoms with Crippen LogP contribution in [-0.2, 0) is 4.79 Å². The van der Waals surface area contributed by atoms with Gasteiger partial charge < -0.3 is 14.5 Å². The maximum absolute atomic E-state index is 12.7. The van der Waals surface area contributed by atoms with E-state index < -0.39 is 0 Å². The number of carbonyl (C=O) groups is 1. The van der Waals surface area contributed by atoms with Gasteiger partial charge in [0.05, 0.1) is 28.9 Å². The molecule has 0 N–H and O–H groups in total. The van der Waals surface area contributed by atoms with Crippen LogP contribution < -0.4 is 9.64 Å². The summed E-state index contributed by atoms with van der Waals surface area (Å²) in [4.78, 5) is 22.9. The molecule has 0 bridgehead atoms. The molecule has 3 heterocycles. The lowest BCUT2D eigenvalue weighted by atomic mass is 10.3. The fourth-order valence-electron chi connectivity index (χ4n) is 3.86. The third kappa shape index (κ3) is 4.56. The zero-order valence-corrected chi connectivity index (χ0v) is 20.2. The zero-order chi connectivity index (χ0) is 22.8. The summed E-state index contributed by atoms with van der Waals surface area (Å²) in [6, 6.07) is 17.9. The van der Waals surface area contributed by atoms with Gasteiger partial charge in [0.15, 0.2) is 10.8 Å². The first-order valence-electron chi connectivity index (χ1n) is 10.8. The molecule has 0 radical (unpaired) electrons. The van der Waals surface area contributed by atoms with Gasteiger partial charge in [0.25, 0.3) is 0 Å². The number of hydrogen-bond acceptors (Lipinski definition) is 7. The predicted octanol–water partition coefficient (Wildman–Crippen LogP) is 4.24. The van der Waals surface area contributed by atoms with E-state index in [9.17, 15) is 4.79 Å². The van der Waals surface area contributed by atoms with Gasteiger partial charge in [-0.3, -0.25) is 4.79 Å². The van der Waals surface area contributed by atoms with E-state index in [1.54, 1.807) is 30.2 Å². The molecule has 0 atom stereocenters. The molecule has 0 spiro atoms. The number of aromatic nitrogens is 3. The highest BCUT2D eigenvalue weighted by molar-refractivity contribution is 8.00. The Morgan fingerprint density at radius 2 is 1.79 bits per heavy atom. The Morgan fingerprint density at radius 1 is 1.06 bits per heavy atom. The molecule has 1 saturated heterocycles. The molecule has 5 rings (SSSR count). The number of amides is 1. The van der Waals surface area contributed by atoms with Crippen LogP contribution in [0.3, 0.4) is 0 Å². The molecule has 1 aliphatic rings. The zero-order valence-electron chi connectivity index (χ0n) is 18.6. The minimum Gasteiger partial charge on any atom is -0.497 e. The Labute approximate surface area is 201 Å². The number of ether oxygens (including phenoxy) is 1. The Balaban J connectivity index is 1.25. The Morgan fingerprint density at radius 3 is 2.48 bits per heavy atom. The maximum Gasteiger partial charge on any atom is 0.233 e. The van der Waals surface area contributed by atoms with Crippen molar-refractivity contribution in [1.29, 1.82) is 0 Å². The van der Waals surface area contributed by atoms with Crippen molar-refractivity contribution >= 4 is 44.5 Å². The lowest BCUT2D eigenvalue weighted by Gasteiger charge is -2.34. The number of methoxy groups -OCH3 is 1. The van der Waals surface area contributed by atoms with Gasteiger partial charge in [-0.05, 0) is 43.3 Å². The van der Waals surface area contributed by atoms with E-state index >= 15 is 0 Å². The number of rotatable bonds is 6. The number of anilines is 1. The summed E-state index contributed by atoms with van der Waals surface area (Å²) in [6.45, 7) is 5.02. The molecular weight excluding hydrogens is 454 g/mol. The van der Waals surface area contributed by atoms with Crippen LogP contribution in [0.2, 0.25) is 0 Å². The molecule has 9 heteroatoms. The van der Waals surface area contributed by atoms with Gasteiger partial charge in [-0.15, -0.1) is 11.8 Å². The predicted molar refractivity (Wildman–Crippen MR) is 134 cm³/mol. The minimum absolute atomic E-state index is 0.193. The minimum atomic E-state index is 0.193. The van der Waals surface area contributed by atoms with E-state index in [0.29, 0.717) is 18.8 Å². The standard InChI is InChI=1S/C24H25N5O2S2/c1-17-22-23(29(26-17)18-8-10-19(31-2)11-9-18)25-24(33-22)28-14-12-27(13-15-28)21(30)16-32-20-6-4-3-5-7-20/h3-11H,12-16H2,1-2H3. The van der Waals surface area contributed by atoms with Crippen molar-refractivity contribution in [3.63, 3.8) is 0 Å². The van der Waals surface area contributed by atoms with Crippen molar-refractivity contribution in [3.05, 3.63) is 60.3 Å². The molecule has 2 aromatic carbocycles. The van der Waals surface area contributed by atoms with Crippen molar-refractivity contribution in [2.24, 2.45) is 0 Å². The van der Waals surface area contributed by atoms with E-state index in [1.807, 2.05) is 71.1 Å². The topological polar surface area (TPSA) is 63.5 Å². The van der Waals surface area contributed by atoms with E-state index in [4.69, 9.17) is 14.8 Å². The number of nitrogens with zero attached hydrogens (tertiary/aromatic N) is 5. The second-order valence-corrected chi connectivity index (χ2v) is 9.84. The highest BCUT2D eigenvalue weighted by Gasteiger charge is 2.24. The number of fused-ring (bicyclic) bond motifs is 1. The summed E-state index contributed by atoms with van der Waals surface area (Å²) < 4.78 is 8.25. The van der Waals surface area contributed by atoms with E-state index in [1.165, 1.54) is 0 Å². The fraction of sp³-hybridized carbons (Fsp3) is 0.292. The lowest BCUT2D eigenvalue weighted by Crippen LogP contribution is -2.49.